The average Bonchev–Trinajstić information content (AvgIpc) is 2.31. The lowest BCUT2D eigenvalue weighted by molar-refractivity contribution is -0.140. The van der Waals surface area contributed by atoms with E-state index in [-0.39, 0.29) is 23.2 Å². The minimum absolute atomic E-state index is 0.0788. The van der Waals surface area contributed by atoms with Gasteiger partial charge in [-0.05, 0) is 18.2 Å². The molecular formula is C12H12FNO2S. The second-order valence-electron chi connectivity index (χ2n) is 3.47. The molecule has 0 heterocycles. The maximum atomic E-state index is 13.5. The number of esters is 1. The van der Waals surface area contributed by atoms with Gasteiger partial charge in [0.05, 0.1) is 25.2 Å². The molecule has 0 amide bonds. The van der Waals surface area contributed by atoms with Crippen LogP contribution in [0.1, 0.15) is 18.9 Å². The highest BCUT2D eigenvalue weighted by atomic mass is 32.2. The van der Waals surface area contributed by atoms with Crippen LogP contribution in [0.3, 0.4) is 0 Å². The zero-order valence-electron chi connectivity index (χ0n) is 9.57. The Balaban J connectivity index is 2.69. The fourth-order valence-electron chi connectivity index (χ4n) is 1.24. The Morgan fingerprint density at radius 2 is 2.35 bits per heavy atom. The molecule has 0 saturated carbocycles. The number of halogens is 1. The van der Waals surface area contributed by atoms with Crippen molar-refractivity contribution in [2.24, 2.45) is 0 Å². The predicted molar refractivity (Wildman–Crippen MR) is 63.1 cm³/mol. The number of methoxy groups -OCH3 is 1. The van der Waals surface area contributed by atoms with Gasteiger partial charge in [0, 0.05) is 10.1 Å². The topological polar surface area (TPSA) is 50.1 Å². The van der Waals surface area contributed by atoms with Crippen LogP contribution in [0.5, 0.6) is 0 Å². The first-order valence-electron chi connectivity index (χ1n) is 5.00. The van der Waals surface area contributed by atoms with Crippen LogP contribution in [0.4, 0.5) is 4.39 Å². The number of rotatable bonds is 4. The van der Waals surface area contributed by atoms with E-state index in [9.17, 15) is 9.18 Å². The van der Waals surface area contributed by atoms with Crippen molar-refractivity contribution in [1.29, 1.82) is 5.26 Å². The van der Waals surface area contributed by atoms with Crippen molar-refractivity contribution >= 4 is 17.7 Å². The number of nitriles is 1. The number of hydrogen-bond donors (Lipinski definition) is 0. The molecular weight excluding hydrogens is 241 g/mol. The summed E-state index contributed by atoms with van der Waals surface area (Å²) in [6.07, 6.45) is 0.223. The summed E-state index contributed by atoms with van der Waals surface area (Å²) in [7, 11) is 1.32. The maximum absolute atomic E-state index is 13.5. The number of hydrogen-bond acceptors (Lipinski definition) is 4. The Morgan fingerprint density at radius 3 is 2.88 bits per heavy atom. The molecule has 0 spiro atoms. The van der Waals surface area contributed by atoms with Gasteiger partial charge in [-0.15, -0.1) is 11.8 Å². The zero-order chi connectivity index (χ0) is 12.8. The van der Waals surface area contributed by atoms with E-state index in [1.165, 1.54) is 24.9 Å². The molecule has 1 aromatic rings. The van der Waals surface area contributed by atoms with E-state index in [0.717, 1.165) is 0 Å². The summed E-state index contributed by atoms with van der Waals surface area (Å²) in [5.41, 5.74) is 0.285. The van der Waals surface area contributed by atoms with Crippen LogP contribution in [-0.4, -0.2) is 18.3 Å². The Kier molecular flexibility index (Phi) is 4.98. The smallest absolute Gasteiger partial charge is 0.306 e. The lowest BCUT2D eigenvalue weighted by Gasteiger charge is -2.10. The van der Waals surface area contributed by atoms with E-state index in [0.29, 0.717) is 4.90 Å². The molecule has 5 heteroatoms. The molecule has 1 atom stereocenters. The molecule has 0 aromatic heterocycles. The molecule has 1 unspecified atom stereocenters. The van der Waals surface area contributed by atoms with E-state index in [1.54, 1.807) is 12.1 Å². The van der Waals surface area contributed by atoms with Crippen molar-refractivity contribution in [3.63, 3.8) is 0 Å². The van der Waals surface area contributed by atoms with Crippen molar-refractivity contribution in [2.45, 2.75) is 23.5 Å². The van der Waals surface area contributed by atoms with Crippen molar-refractivity contribution in [2.75, 3.05) is 7.11 Å². The van der Waals surface area contributed by atoms with Gasteiger partial charge in [0.25, 0.3) is 0 Å². The van der Waals surface area contributed by atoms with Crippen LogP contribution in [0.2, 0.25) is 0 Å². The van der Waals surface area contributed by atoms with Crippen molar-refractivity contribution in [1.82, 2.24) is 0 Å². The van der Waals surface area contributed by atoms with Crippen molar-refractivity contribution in [3.05, 3.63) is 29.6 Å². The van der Waals surface area contributed by atoms with Gasteiger partial charge in [0.15, 0.2) is 0 Å². The summed E-state index contributed by atoms with van der Waals surface area (Å²) in [5.74, 6) is -0.759. The van der Waals surface area contributed by atoms with Gasteiger partial charge >= 0.3 is 5.97 Å². The summed E-state index contributed by atoms with van der Waals surface area (Å²) in [6, 6.07) is 6.15. The van der Waals surface area contributed by atoms with Crippen LogP contribution in [-0.2, 0) is 9.53 Å². The lowest BCUT2D eigenvalue weighted by Crippen LogP contribution is -2.08. The highest BCUT2D eigenvalue weighted by molar-refractivity contribution is 8.00. The van der Waals surface area contributed by atoms with E-state index < -0.39 is 5.82 Å². The third kappa shape index (κ3) is 4.08. The largest absolute Gasteiger partial charge is 0.469 e. The van der Waals surface area contributed by atoms with Gasteiger partial charge in [-0.3, -0.25) is 4.79 Å². The van der Waals surface area contributed by atoms with Crippen molar-refractivity contribution < 1.29 is 13.9 Å². The van der Waals surface area contributed by atoms with Gasteiger partial charge in [-0.2, -0.15) is 5.26 Å². The number of carbonyl (C=O) groups excluding carboxylic acids is 1. The molecule has 0 bridgehead atoms. The molecule has 0 saturated heterocycles. The van der Waals surface area contributed by atoms with E-state index in [2.05, 4.69) is 4.74 Å². The summed E-state index contributed by atoms with van der Waals surface area (Å²) >= 11 is 1.25. The second-order valence-corrected chi connectivity index (χ2v) is 4.95. The summed E-state index contributed by atoms with van der Waals surface area (Å²) < 4.78 is 18.1. The monoisotopic (exact) mass is 253 g/mol. The Bertz CT molecular complexity index is 456. The summed E-state index contributed by atoms with van der Waals surface area (Å²) in [5, 5.41) is 8.52. The fraction of sp³-hybridized carbons (Fsp3) is 0.333. The SMILES string of the molecule is COC(=O)CC(C)Sc1ccc(C#N)cc1F. The molecule has 90 valence electrons. The first-order valence-corrected chi connectivity index (χ1v) is 5.88. The first-order chi connectivity index (χ1) is 8.06. The molecule has 0 aliphatic rings. The normalized spacial score (nSPS) is 11.6. The van der Waals surface area contributed by atoms with E-state index in [1.807, 2.05) is 13.0 Å². The third-order valence-electron chi connectivity index (χ3n) is 2.07. The number of thioether (sulfide) groups is 1. The number of benzene rings is 1. The number of carbonyl (C=O) groups is 1. The average molecular weight is 253 g/mol. The van der Waals surface area contributed by atoms with E-state index in [4.69, 9.17) is 5.26 Å². The molecule has 1 rings (SSSR count). The molecule has 1 aromatic carbocycles. The second kappa shape index (κ2) is 6.26. The summed E-state index contributed by atoms with van der Waals surface area (Å²) in [6.45, 7) is 1.82. The van der Waals surface area contributed by atoms with Gasteiger partial charge in [0.1, 0.15) is 5.82 Å². The third-order valence-corrected chi connectivity index (χ3v) is 3.22. The molecule has 0 aliphatic heterocycles. The molecule has 3 nitrogen and oxygen atoms in total. The first kappa shape index (κ1) is 13.5. The van der Waals surface area contributed by atoms with Gasteiger partial charge in [-0.25, -0.2) is 4.39 Å². The highest BCUT2D eigenvalue weighted by Gasteiger charge is 2.13. The minimum Gasteiger partial charge on any atom is -0.469 e. The molecule has 0 fully saturated rings. The highest BCUT2D eigenvalue weighted by Crippen LogP contribution is 2.28. The molecule has 0 aliphatic carbocycles. The van der Waals surface area contributed by atoms with Crippen molar-refractivity contribution in [3.8, 4) is 6.07 Å². The lowest BCUT2D eigenvalue weighted by atomic mass is 10.2. The van der Waals surface area contributed by atoms with Crippen LogP contribution >= 0.6 is 11.8 Å². The predicted octanol–water partition coefficient (Wildman–Crippen LogP) is 2.74. The standard InChI is InChI=1S/C12H12FNO2S/c1-8(5-12(15)16-2)17-11-4-3-9(7-14)6-10(11)13/h3-4,6,8H,5H2,1-2H3. The number of nitrogens with zero attached hydrogens (tertiary/aromatic N) is 1. The molecule has 17 heavy (non-hydrogen) atoms. The van der Waals surface area contributed by atoms with Gasteiger partial charge < -0.3 is 4.74 Å². The van der Waals surface area contributed by atoms with E-state index >= 15 is 0 Å². The molecule has 0 radical (unpaired) electrons. The Hall–Kier alpha value is -1.54. The van der Waals surface area contributed by atoms with Gasteiger partial charge in [0.2, 0.25) is 0 Å². The van der Waals surface area contributed by atoms with Gasteiger partial charge in [-0.1, -0.05) is 6.92 Å². The quantitative estimate of drug-likeness (QED) is 0.611. The zero-order valence-corrected chi connectivity index (χ0v) is 10.4. The van der Waals surface area contributed by atoms with Crippen LogP contribution < -0.4 is 0 Å². The number of ether oxygens (including phenoxy) is 1. The summed E-state index contributed by atoms with van der Waals surface area (Å²) in [4.78, 5) is 11.5. The Labute approximate surface area is 104 Å². The fourth-order valence-corrected chi connectivity index (χ4v) is 2.21. The molecule has 0 N–H and O–H groups in total. The Morgan fingerprint density at radius 1 is 1.65 bits per heavy atom. The van der Waals surface area contributed by atoms with Crippen LogP contribution in [0.15, 0.2) is 23.1 Å². The van der Waals surface area contributed by atoms with Crippen LogP contribution in [0, 0.1) is 17.1 Å². The van der Waals surface area contributed by atoms with Crippen LogP contribution in [0.25, 0.3) is 0 Å². The maximum Gasteiger partial charge on any atom is 0.306 e. The minimum atomic E-state index is -0.439.